The van der Waals surface area contributed by atoms with E-state index < -0.39 is 16.6 Å². The summed E-state index contributed by atoms with van der Waals surface area (Å²) in [5.41, 5.74) is 1.46. The molecule has 0 radical (unpaired) electrons. The fraction of sp³-hybridized carbons (Fsp3) is 0.111. The summed E-state index contributed by atoms with van der Waals surface area (Å²) in [6.45, 7) is 1.82. The van der Waals surface area contributed by atoms with Gasteiger partial charge in [-0.2, -0.15) is 5.10 Å². The standard InChI is InChI=1S/C18H14ClFN4O3/c1-11-15(3-2-4-17(11)24(26)27)18(25)22-14-8-21-23(10-14)9-12-5-6-13(20)7-16(12)19/h2-8,10H,9H2,1H3,(H,22,25). The van der Waals surface area contributed by atoms with Gasteiger partial charge in [0.1, 0.15) is 5.82 Å². The Kier molecular flexibility index (Phi) is 5.18. The second-order valence-corrected chi connectivity index (χ2v) is 6.23. The highest BCUT2D eigenvalue weighted by Crippen LogP contribution is 2.22. The smallest absolute Gasteiger partial charge is 0.273 e. The van der Waals surface area contributed by atoms with Gasteiger partial charge in [0.05, 0.1) is 23.4 Å². The van der Waals surface area contributed by atoms with Crippen molar-refractivity contribution in [3.05, 3.63) is 86.4 Å². The average Bonchev–Trinajstić information content (AvgIpc) is 3.04. The lowest BCUT2D eigenvalue weighted by Crippen LogP contribution is -2.13. The van der Waals surface area contributed by atoms with Crippen molar-refractivity contribution in [1.29, 1.82) is 0 Å². The van der Waals surface area contributed by atoms with Crippen LogP contribution >= 0.6 is 11.6 Å². The summed E-state index contributed by atoms with van der Waals surface area (Å²) < 4.78 is 14.6. The van der Waals surface area contributed by atoms with Gasteiger partial charge < -0.3 is 5.32 Å². The monoisotopic (exact) mass is 388 g/mol. The van der Waals surface area contributed by atoms with Gasteiger partial charge in [0.25, 0.3) is 11.6 Å². The number of carbonyl (C=O) groups is 1. The molecule has 1 heterocycles. The van der Waals surface area contributed by atoms with Crippen molar-refractivity contribution in [3.8, 4) is 0 Å². The molecule has 2 aromatic carbocycles. The number of halogens is 2. The highest BCUT2D eigenvalue weighted by Gasteiger charge is 2.18. The molecule has 0 saturated heterocycles. The molecular weight excluding hydrogens is 375 g/mol. The molecule has 0 bridgehead atoms. The number of amides is 1. The first kappa shape index (κ1) is 18.5. The van der Waals surface area contributed by atoms with Crippen LogP contribution in [0.15, 0.2) is 48.8 Å². The number of carbonyl (C=O) groups excluding carboxylic acids is 1. The van der Waals surface area contributed by atoms with E-state index in [0.29, 0.717) is 17.8 Å². The Bertz CT molecular complexity index is 1040. The lowest BCUT2D eigenvalue weighted by atomic mass is 10.1. The number of hydrogen-bond donors (Lipinski definition) is 1. The van der Waals surface area contributed by atoms with Crippen molar-refractivity contribution in [3.63, 3.8) is 0 Å². The van der Waals surface area contributed by atoms with Gasteiger partial charge in [-0.15, -0.1) is 0 Å². The molecule has 3 aromatic rings. The topological polar surface area (TPSA) is 90.1 Å². The van der Waals surface area contributed by atoms with Crippen molar-refractivity contribution in [2.75, 3.05) is 5.32 Å². The van der Waals surface area contributed by atoms with Gasteiger partial charge in [-0.25, -0.2) is 4.39 Å². The van der Waals surface area contributed by atoms with Gasteiger partial charge in [0, 0.05) is 28.4 Å². The van der Waals surface area contributed by atoms with E-state index in [1.807, 2.05) is 0 Å². The summed E-state index contributed by atoms with van der Waals surface area (Å²) in [5, 5.41) is 18.1. The van der Waals surface area contributed by atoms with Crippen LogP contribution in [-0.2, 0) is 6.54 Å². The van der Waals surface area contributed by atoms with Crippen molar-refractivity contribution in [2.45, 2.75) is 13.5 Å². The van der Waals surface area contributed by atoms with Gasteiger partial charge in [-0.05, 0) is 30.7 Å². The van der Waals surface area contributed by atoms with E-state index in [1.165, 1.54) is 48.1 Å². The summed E-state index contributed by atoms with van der Waals surface area (Å²) in [4.78, 5) is 22.9. The van der Waals surface area contributed by atoms with Crippen LogP contribution in [0.4, 0.5) is 15.8 Å². The molecule has 9 heteroatoms. The SMILES string of the molecule is Cc1c(C(=O)Nc2cnn(Cc3ccc(F)cc3Cl)c2)cccc1[N+](=O)[O-]. The lowest BCUT2D eigenvalue weighted by molar-refractivity contribution is -0.385. The molecule has 0 spiro atoms. The molecule has 7 nitrogen and oxygen atoms in total. The first-order valence-corrected chi connectivity index (χ1v) is 8.24. The van der Waals surface area contributed by atoms with Crippen LogP contribution in [0, 0.1) is 22.9 Å². The van der Waals surface area contributed by atoms with Crippen molar-refractivity contribution in [2.24, 2.45) is 0 Å². The van der Waals surface area contributed by atoms with Crippen LogP contribution in [-0.4, -0.2) is 20.6 Å². The Hall–Kier alpha value is -3.26. The van der Waals surface area contributed by atoms with Gasteiger partial charge in [0.2, 0.25) is 0 Å². The summed E-state index contributed by atoms with van der Waals surface area (Å²) in [5.74, 6) is -0.903. The number of anilines is 1. The molecule has 0 fully saturated rings. The molecule has 3 rings (SSSR count). The van der Waals surface area contributed by atoms with Crippen molar-refractivity contribution >= 4 is 28.9 Å². The Morgan fingerprint density at radius 1 is 1.37 bits per heavy atom. The molecule has 0 unspecified atom stereocenters. The Morgan fingerprint density at radius 2 is 2.15 bits per heavy atom. The maximum atomic E-state index is 13.1. The average molecular weight is 389 g/mol. The molecule has 0 saturated carbocycles. The first-order chi connectivity index (χ1) is 12.8. The van der Waals surface area contributed by atoms with Crippen LogP contribution in [0.2, 0.25) is 5.02 Å². The van der Waals surface area contributed by atoms with Crippen LogP contribution < -0.4 is 5.32 Å². The molecule has 27 heavy (non-hydrogen) atoms. The minimum absolute atomic E-state index is 0.121. The van der Waals surface area contributed by atoms with Gasteiger partial charge >= 0.3 is 0 Å². The fourth-order valence-corrected chi connectivity index (χ4v) is 2.83. The highest BCUT2D eigenvalue weighted by atomic mass is 35.5. The minimum Gasteiger partial charge on any atom is -0.319 e. The van der Waals surface area contributed by atoms with Crippen LogP contribution in [0.3, 0.4) is 0 Å². The van der Waals surface area contributed by atoms with E-state index in [-0.39, 0.29) is 21.8 Å². The fourth-order valence-electron chi connectivity index (χ4n) is 2.60. The quantitative estimate of drug-likeness (QED) is 0.524. The van der Waals surface area contributed by atoms with E-state index >= 15 is 0 Å². The van der Waals surface area contributed by atoms with Crippen molar-refractivity contribution < 1.29 is 14.1 Å². The number of nitro benzene ring substituents is 1. The van der Waals surface area contributed by atoms with Crippen molar-refractivity contribution in [1.82, 2.24) is 9.78 Å². The van der Waals surface area contributed by atoms with Crippen LogP contribution in [0.1, 0.15) is 21.5 Å². The molecule has 0 aliphatic heterocycles. The third-order valence-corrected chi connectivity index (χ3v) is 4.34. The van der Waals surface area contributed by atoms with Gasteiger partial charge in [-0.1, -0.05) is 23.7 Å². The Balaban J connectivity index is 1.75. The van der Waals surface area contributed by atoms with Crippen LogP contribution in [0.25, 0.3) is 0 Å². The summed E-state index contributed by atoms with van der Waals surface area (Å²) in [7, 11) is 0. The van der Waals surface area contributed by atoms with Gasteiger partial charge in [-0.3, -0.25) is 19.6 Å². The normalized spacial score (nSPS) is 10.6. The number of nitrogens with zero attached hydrogens (tertiary/aromatic N) is 3. The molecule has 0 aliphatic carbocycles. The third kappa shape index (κ3) is 4.12. The largest absolute Gasteiger partial charge is 0.319 e. The predicted molar refractivity (Wildman–Crippen MR) is 98.5 cm³/mol. The van der Waals surface area contributed by atoms with Gasteiger partial charge in [0.15, 0.2) is 0 Å². The zero-order valence-corrected chi connectivity index (χ0v) is 14.9. The highest BCUT2D eigenvalue weighted by molar-refractivity contribution is 6.31. The maximum Gasteiger partial charge on any atom is 0.273 e. The van der Waals surface area contributed by atoms with E-state index in [9.17, 15) is 19.3 Å². The second-order valence-electron chi connectivity index (χ2n) is 5.82. The first-order valence-electron chi connectivity index (χ1n) is 7.87. The molecule has 138 valence electrons. The number of hydrogen-bond acceptors (Lipinski definition) is 4. The summed E-state index contributed by atoms with van der Waals surface area (Å²) in [6, 6.07) is 8.40. The van der Waals surface area contributed by atoms with E-state index in [1.54, 1.807) is 12.3 Å². The molecular formula is C18H14ClFN4O3. The Morgan fingerprint density at radius 3 is 2.85 bits per heavy atom. The number of benzene rings is 2. The number of aromatic nitrogens is 2. The lowest BCUT2D eigenvalue weighted by Gasteiger charge is -2.06. The third-order valence-electron chi connectivity index (χ3n) is 3.99. The zero-order chi connectivity index (χ0) is 19.6. The molecule has 1 aromatic heterocycles. The van der Waals surface area contributed by atoms with E-state index in [2.05, 4.69) is 10.4 Å². The molecule has 0 aliphatic rings. The molecule has 1 amide bonds. The summed E-state index contributed by atoms with van der Waals surface area (Å²) in [6.07, 6.45) is 3.03. The predicted octanol–water partition coefficient (Wildman–Crippen LogP) is 4.19. The Labute approximate surface area is 158 Å². The van der Waals surface area contributed by atoms with E-state index in [0.717, 1.165) is 0 Å². The zero-order valence-electron chi connectivity index (χ0n) is 14.1. The summed E-state index contributed by atoms with van der Waals surface area (Å²) >= 11 is 6.00. The van der Waals surface area contributed by atoms with E-state index in [4.69, 9.17) is 11.6 Å². The number of nitrogens with one attached hydrogen (secondary N) is 1. The molecule has 1 N–H and O–H groups in total. The van der Waals surface area contributed by atoms with Crippen LogP contribution in [0.5, 0.6) is 0 Å². The second kappa shape index (κ2) is 7.55. The minimum atomic E-state index is -0.531. The maximum absolute atomic E-state index is 13.1. The number of rotatable bonds is 5. The molecule has 0 atom stereocenters. The number of nitro groups is 1.